The van der Waals surface area contributed by atoms with Gasteiger partial charge in [-0.3, -0.25) is 9.59 Å². The average molecular weight is 422 g/mol. The van der Waals surface area contributed by atoms with E-state index in [-0.39, 0.29) is 24.3 Å². The molecule has 2 amide bonds. The van der Waals surface area contributed by atoms with Crippen LogP contribution in [-0.2, 0) is 25.5 Å². The Morgan fingerprint density at radius 1 is 1.23 bits per heavy atom. The van der Waals surface area contributed by atoms with Gasteiger partial charge >= 0.3 is 5.97 Å². The van der Waals surface area contributed by atoms with Gasteiger partial charge in [0.15, 0.2) is 0 Å². The fraction of sp³-hybridized carbons (Fsp3) is 0.714. The van der Waals surface area contributed by atoms with E-state index in [4.69, 9.17) is 4.74 Å². The molecule has 2 rings (SSSR count). The van der Waals surface area contributed by atoms with E-state index < -0.39 is 29.6 Å². The van der Waals surface area contributed by atoms with Crippen LogP contribution in [0.3, 0.4) is 0 Å². The third-order valence-electron chi connectivity index (χ3n) is 4.70. The number of carbonyl (C=O) groups excluding carboxylic acids is 3. The number of amides is 2. The van der Waals surface area contributed by atoms with Crippen molar-refractivity contribution >= 4 is 17.8 Å². The van der Waals surface area contributed by atoms with Crippen LogP contribution < -0.4 is 16.0 Å². The number of hydrogen-bond donors (Lipinski definition) is 4. The lowest BCUT2D eigenvalue weighted by atomic mass is 10.0. The Morgan fingerprint density at radius 2 is 1.97 bits per heavy atom. The topological polar surface area (TPSA) is 125 Å². The number of aromatic amines is 1. The van der Waals surface area contributed by atoms with Crippen LogP contribution in [0.2, 0.25) is 0 Å². The predicted octanol–water partition coefficient (Wildman–Crippen LogP) is 1.06. The van der Waals surface area contributed by atoms with Gasteiger partial charge in [-0.25, -0.2) is 9.78 Å². The van der Waals surface area contributed by atoms with Gasteiger partial charge < -0.3 is 25.7 Å². The molecule has 0 bridgehead atoms. The molecule has 168 valence electrons. The molecular formula is C21H35N5O4. The summed E-state index contributed by atoms with van der Waals surface area (Å²) in [4.78, 5) is 45.3. The summed E-state index contributed by atoms with van der Waals surface area (Å²) in [7, 11) is 0. The van der Waals surface area contributed by atoms with Crippen molar-refractivity contribution in [3.8, 4) is 0 Å². The number of ether oxygens (including phenoxy) is 1. The van der Waals surface area contributed by atoms with Gasteiger partial charge in [0, 0.05) is 18.3 Å². The van der Waals surface area contributed by atoms with E-state index in [0.717, 1.165) is 19.4 Å². The van der Waals surface area contributed by atoms with E-state index in [1.807, 2.05) is 13.8 Å². The Labute approximate surface area is 178 Å². The smallest absolute Gasteiger partial charge is 0.329 e. The fourth-order valence-corrected chi connectivity index (χ4v) is 3.34. The highest BCUT2D eigenvalue weighted by molar-refractivity contribution is 5.92. The molecule has 1 fully saturated rings. The number of carbonyl (C=O) groups is 3. The number of rotatable bonds is 9. The molecule has 1 aromatic rings. The van der Waals surface area contributed by atoms with Crippen LogP contribution in [0, 0.1) is 5.92 Å². The molecule has 3 atom stereocenters. The zero-order valence-electron chi connectivity index (χ0n) is 18.6. The molecule has 1 aliphatic rings. The summed E-state index contributed by atoms with van der Waals surface area (Å²) in [6.45, 7) is 10.1. The Balaban J connectivity index is 2.12. The Kier molecular flexibility index (Phi) is 8.40. The molecule has 9 heteroatoms. The molecule has 30 heavy (non-hydrogen) atoms. The summed E-state index contributed by atoms with van der Waals surface area (Å²) >= 11 is 0. The van der Waals surface area contributed by atoms with Crippen molar-refractivity contribution < 1.29 is 19.1 Å². The summed E-state index contributed by atoms with van der Waals surface area (Å²) in [5.41, 5.74) is 0.0573. The van der Waals surface area contributed by atoms with Gasteiger partial charge in [0.05, 0.1) is 12.4 Å². The lowest BCUT2D eigenvalue weighted by molar-refractivity contribution is -0.159. The zero-order chi connectivity index (χ0) is 22.3. The summed E-state index contributed by atoms with van der Waals surface area (Å²) in [5, 5.41) is 8.76. The monoisotopic (exact) mass is 421 g/mol. The maximum atomic E-state index is 13.1. The molecule has 9 nitrogen and oxygen atoms in total. The molecular weight excluding hydrogens is 386 g/mol. The second-order valence-electron chi connectivity index (χ2n) is 9.22. The number of esters is 1. The number of nitrogens with one attached hydrogen (secondary N) is 4. The maximum Gasteiger partial charge on any atom is 0.329 e. The first-order valence-electron chi connectivity index (χ1n) is 10.6. The number of imidazole rings is 1. The van der Waals surface area contributed by atoms with Crippen LogP contribution in [0.4, 0.5) is 0 Å². The highest BCUT2D eigenvalue weighted by atomic mass is 16.6. The summed E-state index contributed by atoms with van der Waals surface area (Å²) in [5.74, 6) is -0.947. The first-order chi connectivity index (χ1) is 14.0. The standard InChI is InChI=1S/C21H35N5O4/c1-13(2)9-17(20(29)30-21(3,4)5)26-19(28)16(10-14-11-22-12-24-14)25-18(27)15-7-6-8-23-15/h11-13,15-17,23H,6-10H2,1-5H3,(H,22,24)(H,25,27)(H,26,28)/t15-,16-,17-/m0/s1. The Morgan fingerprint density at radius 3 is 2.50 bits per heavy atom. The molecule has 2 heterocycles. The number of aromatic nitrogens is 2. The fourth-order valence-electron chi connectivity index (χ4n) is 3.34. The third-order valence-corrected chi connectivity index (χ3v) is 4.70. The lowest BCUT2D eigenvalue weighted by Gasteiger charge is -2.27. The SMILES string of the molecule is CC(C)C[C@H](NC(=O)[C@H](Cc1cnc[nH]1)NC(=O)[C@@H]1CCCN1)C(=O)OC(C)(C)C. The molecule has 0 unspecified atom stereocenters. The third kappa shape index (κ3) is 7.78. The van der Waals surface area contributed by atoms with Crippen LogP contribution >= 0.6 is 0 Å². The van der Waals surface area contributed by atoms with Crippen LogP contribution in [-0.4, -0.2) is 58.0 Å². The molecule has 0 radical (unpaired) electrons. The van der Waals surface area contributed by atoms with Gasteiger partial charge in [0.25, 0.3) is 0 Å². The van der Waals surface area contributed by atoms with E-state index in [1.165, 1.54) is 6.33 Å². The summed E-state index contributed by atoms with van der Waals surface area (Å²) in [6, 6.07) is -1.93. The second kappa shape index (κ2) is 10.6. The van der Waals surface area contributed by atoms with Crippen molar-refractivity contribution in [2.75, 3.05) is 6.54 Å². The zero-order valence-corrected chi connectivity index (χ0v) is 18.6. The van der Waals surface area contributed by atoms with Gasteiger partial charge in [-0.1, -0.05) is 13.8 Å². The number of H-pyrrole nitrogens is 1. The van der Waals surface area contributed by atoms with Crippen molar-refractivity contribution in [2.24, 2.45) is 5.92 Å². The molecule has 1 saturated heterocycles. The van der Waals surface area contributed by atoms with Crippen molar-refractivity contribution in [3.05, 3.63) is 18.2 Å². The van der Waals surface area contributed by atoms with E-state index in [0.29, 0.717) is 12.1 Å². The minimum Gasteiger partial charge on any atom is -0.458 e. The first kappa shape index (κ1) is 23.9. The van der Waals surface area contributed by atoms with Crippen molar-refractivity contribution in [1.29, 1.82) is 0 Å². The number of hydrogen-bond acceptors (Lipinski definition) is 6. The molecule has 1 aliphatic heterocycles. The molecule has 0 aromatic carbocycles. The van der Waals surface area contributed by atoms with Gasteiger partial charge in [-0.05, 0) is 52.5 Å². The molecule has 4 N–H and O–H groups in total. The van der Waals surface area contributed by atoms with Gasteiger partial charge in [-0.15, -0.1) is 0 Å². The van der Waals surface area contributed by atoms with Crippen LogP contribution in [0.5, 0.6) is 0 Å². The van der Waals surface area contributed by atoms with Gasteiger partial charge in [-0.2, -0.15) is 0 Å². The van der Waals surface area contributed by atoms with Gasteiger partial charge in [0.2, 0.25) is 11.8 Å². The quantitative estimate of drug-likeness (QED) is 0.442. The predicted molar refractivity (Wildman–Crippen MR) is 112 cm³/mol. The molecule has 0 aliphatic carbocycles. The number of nitrogens with zero attached hydrogens (tertiary/aromatic N) is 1. The van der Waals surface area contributed by atoms with E-state index in [9.17, 15) is 14.4 Å². The summed E-state index contributed by atoms with van der Waals surface area (Å²) < 4.78 is 5.48. The van der Waals surface area contributed by atoms with Crippen LogP contribution in [0.25, 0.3) is 0 Å². The minimum atomic E-state index is -0.836. The van der Waals surface area contributed by atoms with E-state index in [2.05, 4.69) is 25.9 Å². The highest BCUT2D eigenvalue weighted by Crippen LogP contribution is 2.14. The molecule has 0 spiro atoms. The van der Waals surface area contributed by atoms with Crippen molar-refractivity contribution in [1.82, 2.24) is 25.9 Å². The Hall–Kier alpha value is -2.42. The average Bonchev–Trinajstić information content (AvgIpc) is 3.32. The van der Waals surface area contributed by atoms with Crippen molar-refractivity contribution in [2.45, 2.75) is 84.0 Å². The maximum absolute atomic E-state index is 13.1. The second-order valence-corrected chi connectivity index (χ2v) is 9.22. The molecule has 0 saturated carbocycles. The lowest BCUT2D eigenvalue weighted by Crippen LogP contribution is -2.55. The normalized spacial score (nSPS) is 18.7. The van der Waals surface area contributed by atoms with Crippen LogP contribution in [0.15, 0.2) is 12.5 Å². The van der Waals surface area contributed by atoms with Crippen molar-refractivity contribution in [3.63, 3.8) is 0 Å². The minimum absolute atomic E-state index is 0.172. The van der Waals surface area contributed by atoms with E-state index >= 15 is 0 Å². The van der Waals surface area contributed by atoms with Crippen LogP contribution in [0.1, 0.15) is 59.6 Å². The van der Waals surface area contributed by atoms with Gasteiger partial charge in [0.1, 0.15) is 17.7 Å². The first-order valence-corrected chi connectivity index (χ1v) is 10.6. The summed E-state index contributed by atoms with van der Waals surface area (Å²) in [6.07, 6.45) is 5.47. The largest absolute Gasteiger partial charge is 0.458 e. The van der Waals surface area contributed by atoms with E-state index in [1.54, 1.807) is 27.0 Å². The molecule has 1 aromatic heterocycles. The highest BCUT2D eigenvalue weighted by Gasteiger charge is 2.32. The Bertz CT molecular complexity index is 705.